The van der Waals surface area contributed by atoms with E-state index < -0.39 is 34.4 Å². The number of likely N-dealkylation sites (N-methyl/N-ethyl adjacent to an activating group) is 1. The summed E-state index contributed by atoms with van der Waals surface area (Å²) in [5.74, 6) is -1.05. The number of hydrogen-bond acceptors (Lipinski definition) is 4. The van der Waals surface area contributed by atoms with Crippen molar-refractivity contribution in [1.29, 1.82) is 0 Å². The third-order valence-electron chi connectivity index (χ3n) is 5.88. The zero-order valence-electron chi connectivity index (χ0n) is 21.2. The lowest BCUT2D eigenvalue weighted by Crippen LogP contribution is -2.53. The smallest absolute Gasteiger partial charge is 0.244 e. The Morgan fingerprint density at radius 3 is 2.08 bits per heavy atom. The van der Waals surface area contributed by atoms with Crippen molar-refractivity contribution in [2.75, 3.05) is 23.7 Å². The van der Waals surface area contributed by atoms with Gasteiger partial charge in [0.1, 0.15) is 12.6 Å². The quantitative estimate of drug-likeness (QED) is 0.288. The Morgan fingerprint density at radius 2 is 1.51 bits per heavy atom. The molecule has 208 valence electrons. The molecular weight excluding hydrogens is 604 g/mol. The van der Waals surface area contributed by atoms with Crippen LogP contribution in [-0.4, -0.2) is 50.5 Å². The average Bonchev–Trinajstić information content (AvgIpc) is 2.88. The summed E-state index contributed by atoms with van der Waals surface area (Å²) < 4.78 is 26.5. The van der Waals surface area contributed by atoms with Crippen molar-refractivity contribution < 1.29 is 18.0 Å². The van der Waals surface area contributed by atoms with Crippen LogP contribution >= 0.6 is 46.4 Å². The number of hydrogen-bond donors (Lipinski definition) is 1. The number of halogens is 4. The first-order valence-electron chi connectivity index (χ1n) is 11.9. The van der Waals surface area contributed by atoms with Gasteiger partial charge in [0.05, 0.1) is 22.0 Å². The van der Waals surface area contributed by atoms with Crippen molar-refractivity contribution in [2.24, 2.45) is 0 Å². The molecule has 0 heterocycles. The molecule has 1 N–H and O–H groups in total. The molecule has 12 heteroatoms. The summed E-state index contributed by atoms with van der Waals surface area (Å²) in [5, 5.41) is 3.75. The summed E-state index contributed by atoms with van der Waals surface area (Å²) in [6, 6.07) is 17.4. The van der Waals surface area contributed by atoms with E-state index in [0.717, 1.165) is 16.1 Å². The van der Waals surface area contributed by atoms with Gasteiger partial charge >= 0.3 is 0 Å². The van der Waals surface area contributed by atoms with Crippen molar-refractivity contribution in [2.45, 2.75) is 25.9 Å². The van der Waals surface area contributed by atoms with Gasteiger partial charge in [-0.05, 0) is 42.8 Å². The lowest BCUT2D eigenvalue weighted by Gasteiger charge is -2.33. The van der Waals surface area contributed by atoms with Crippen LogP contribution in [0.15, 0.2) is 66.7 Å². The fourth-order valence-electron chi connectivity index (χ4n) is 3.95. The van der Waals surface area contributed by atoms with E-state index in [9.17, 15) is 18.0 Å². The summed E-state index contributed by atoms with van der Waals surface area (Å²) in [4.78, 5) is 28.6. The molecule has 3 aromatic rings. The highest BCUT2D eigenvalue weighted by atomic mass is 35.5. The van der Waals surface area contributed by atoms with Gasteiger partial charge < -0.3 is 10.2 Å². The van der Waals surface area contributed by atoms with Crippen LogP contribution in [0.4, 0.5) is 5.69 Å². The third kappa shape index (κ3) is 8.25. The van der Waals surface area contributed by atoms with Crippen molar-refractivity contribution in [3.05, 3.63) is 97.9 Å². The number of nitrogens with zero attached hydrogens (tertiary/aromatic N) is 2. The van der Waals surface area contributed by atoms with Gasteiger partial charge in [0, 0.05) is 35.1 Å². The van der Waals surface area contributed by atoms with E-state index in [1.165, 1.54) is 23.1 Å². The molecule has 0 saturated carbocycles. The number of anilines is 1. The van der Waals surface area contributed by atoms with Gasteiger partial charge in [-0.1, -0.05) is 82.8 Å². The highest BCUT2D eigenvalue weighted by molar-refractivity contribution is 7.92. The Morgan fingerprint density at radius 1 is 0.872 bits per heavy atom. The summed E-state index contributed by atoms with van der Waals surface area (Å²) >= 11 is 25.0. The summed E-state index contributed by atoms with van der Waals surface area (Å²) in [6.45, 7) is 1.36. The van der Waals surface area contributed by atoms with Gasteiger partial charge in [-0.25, -0.2) is 8.42 Å². The second kappa shape index (κ2) is 13.7. The van der Waals surface area contributed by atoms with Gasteiger partial charge in [0.15, 0.2) is 0 Å². The zero-order valence-corrected chi connectivity index (χ0v) is 25.0. The molecule has 1 atom stereocenters. The van der Waals surface area contributed by atoms with E-state index in [2.05, 4.69) is 5.32 Å². The number of carbonyl (C=O) groups is 2. The molecule has 0 spiro atoms. The fourth-order valence-corrected chi connectivity index (χ4v) is 5.60. The van der Waals surface area contributed by atoms with Crippen LogP contribution in [0.3, 0.4) is 0 Å². The molecule has 39 heavy (non-hydrogen) atoms. The number of carbonyl (C=O) groups excluding carboxylic acids is 2. The lowest BCUT2D eigenvalue weighted by atomic mass is 10.0. The van der Waals surface area contributed by atoms with E-state index in [0.29, 0.717) is 22.2 Å². The molecule has 0 aliphatic carbocycles. The van der Waals surface area contributed by atoms with E-state index >= 15 is 0 Å². The minimum Gasteiger partial charge on any atom is -0.355 e. The normalized spacial score (nSPS) is 12.1. The predicted octanol–water partition coefficient (Wildman–Crippen LogP) is 5.84. The number of amides is 2. The van der Waals surface area contributed by atoms with E-state index in [1.54, 1.807) is 25.1 Å². The van der Waals surface area contributed by atoms with Crippen LogP contribution < -0.4 is 9.62 Å². The summed E-state index contributed by atoms with van der Waals surface area (Å²) in [7, 11) is -3.95. The minimum absolute atomic E-state index is 0.124. The predicted molar refractivity (Wildman–Crippen MR) is 158 cm³/mol. The van der Waals surface area contributed by atoms with Crippen LogP contribution in [0.2, 0.25) is 20.1 Å². The van der Waals surface area contributed by atoms with Crippen molar-refractivity contribution >= 4 is 73.9 Å². The molecule has 7 nitrogen and oxygen atoms in total. The molecule has 0 unspecified atom stereocenters. The van der Waals surface area contributed by atoms with Crippen LogP contribution in [0.1, 0.15) is 18.1 Å². The first-order chi connectivity index (χ1) is 18.4. The minimum atomic E-state index is -3.95. The maximum absolute atomic E-state index is 14.0. The van der Waals surface area contributed by atoms with E-state index in [4.69, 9.17) is 46.4 Å². The van der Waals surface area contributed by atoms with E-state index in [-0.39, 0.29) is 28.7 Å². The molecule has 0 aromatic heterocycles. The van der Waals surface area contributed by atoms with Crippen molar-refractivity contribution in [1.82, 2.24) is 10.2 Å². The molecule has 0 saturated heterocycles. The molecule has 0 aliphatic rings. The highest BCUT2D eigenvalue weighted by Crippen LogP contribution is 2.30. The monoisotopic (exact) mass is 629 g/mol. The zero-order chi connectivity index (χ0) is 28.7. The average molecular weight is 631 g/mol. The SMILES string of the molecule is CCNC(=O)[C@@H](Cc1ccccc1)N(Cc1c(Cl)cccc1Cl)C(=O)CN(c1ccc(Cl)c(Cl)c1)S(C)(=O)=O. The van der Waals surface area contributed by atoms with Gasteiger partial charge in [-0.2, -0.15) is 0 Å². The Labute approximate surface area is 248 Å². The second-order valence-corrected chi connectivity index (χ2v) is 12.2. The molecule has 0 bridgehead atoms. The molecule has 2 amide bonds. The molecule has 3 rings (SSSR count). The number of nitrogens with one attached hydrogen (secondary N) is 1. The maximum Gasteiger partial charge on any atom is 0.244 e. The molecule has 0 fully saturated rings. The molecule has 3 aromatic carbocycles. The number of rotatable bonds is 11. The van der Waals surface area contributed by atoms with E-state index in [1.807, 2.05) is 30.3 Å². The topological polar surface area (TPSA) is 86.8 Å². The first kappa shape index (κ1) is 31.0. The van der Waals surface area contributed by atoms with Crippen molar-refractivity contribution in [3.63, 3.8) is 0 Å². The second-order valence-electron chi connectivity index (χ2n) is 8.69. The van der Waals surface area contributed by atoms with Gasteiger partial charge in [-0.15, -0.1) is 0 Å². The van der Waals surface area contributed by atoms with Gasteiger partial charge in [-0.3, -0.25) is 13.9 Å². The highest BCUT2D eigenvalue weighted by Gasteiger charge is 2.33. The number of benzene rings is 3. The van der Waals surface area contributed by atoms with Crippen molar-refractivity contribution in [3.8, 4) is 0 Å². The van der Waals surface area contributed by atoms with Crippen LogP contribution in [0.5, 0.6) is 0 Å². The third-order valence-corrected chi connectivity index (χ3v) is 8.47. The summed E-state index contributed by atoms with van der Waals surface area (Å²) in [6.07, 6.45) is 1.15. The molecule has 0 aliphatic heterocycles. The fraction of sp³-hybridized carbons (Fsp3) is 0.259. The van der Waals surface area contributed by atoms with Crippen LogP contribution in [-0.2, 0) is 32.6 Å². The Kier molecular flexibility index (Phi) is 10.9. The standard InChI is InChI=1S/C27H27Cl4N3O4S/c1-3-32-27(36)25(14-18-8-5-4-6-9-18)33(16-20-21(28)10-7-11-22(20)29)26(35)17-34(39(2,37)38)19-12-13-23(30)24(31)15-19/h4-13,15,25H,3,14,16-17H2,1-2H3,(H,32,36)/t25-/m1/s1. The summed E-state index contributed by atoms with van der Waals surface area (Å²) in [5.41, 5.74) is 1.38. The maximum atomic E-state index is 14.0. The molecular formula is C27H27Cl4N3O4S. The Balaban J connectivity index is 2.09. The first-order valence-corrected chi connectivity index (χ1v) is 15.2. The largest absolute Gasteiger partial charge is 0.355 e. The Bertz CT molecular complexity index is 1420. The number of sulfonamides is 1. The van der Waals surface area contributed by atoms with Crippen LogP contribution in [0, 0.1) is 0 Å². The van der Waals surface area contributed by atoms with Gasteiger partial charge in [0.2, 0.25) is 21.8 Å². The lowest BCUT2D eigenvalue weighted by molar-refractivity contribution is -0.140. The molecule has 0 radical (unpaired) electrons. The van der Waals surface area contributed by atoms with Crippen LogP contribution in [0.25, 0.3) is 0 Å². The Hall–Kier alpha value is -2.49. The van der Waals surface area contributed by atoms with Gasteiger partial charge in [0.25, 0.3) is 0 Å².